The summed E-state index contributed by atoms with van der Waals surface area (Å²) in [5, 5.41) is 13.6. The van der Waals surface area contributed by atoms with Gasteiger partial charge in [0.2, 0.25) is 0 Å². The summed E-state index contributed by atoms with van der Waals surface area (Å²) in [6.07, 6.45) is 0. The van der Waals surface area contributed by atoms with E-state index in [0.717, 1.165) is 3.79 Å². The van der Waals surface area contributed by atoms with Crippen molar-refractivity contribution in [2.75, 3.05) is 5.32 Å². The molecule has 0 saturated carbocycles. The van der Waals surface area contributed by atoms with Crippen molar-refractivity contribution in [1.29, 1.82) is 0 Å². The van der Waals surface area contributed by atoms with Crippen LogP contribution >= 0.6 is 38.9 Å². The zero-order valence-electron chi connectivity index (χ0n) is 9.31. The summed E-state index contributed by atoms with van der Waals surface area (Å²) in [6.45, 7) is 0. The first-order chi connectivity index (χ1) is 8.97. The third kappa shape index (κ3) is 3.34. The molecule has 0 atom stereocenters. The van der Waals surface area contributed by atoms with Crippen LogP contribution in [0, 0.1) is 0 Å². The van der Waals surface area contributed by atoms with Gasteiger partial charge in [-0.3, -0.25) is 4.79 Å². The molecule has 1 aromatic heterocycles. The SMILES string of the molecule is O=C(Nc1cc(Cl)ccc1C(=O)O)c1csc(Br)c1. The second-order valence-corrected chi connectivity index (χ2v) is 6.32. The van der Waals surface area contributed by atoms with Crippen molar-refractivity contribution < 1.29 is 14.7 Å². The molecule has 2 rings (SSSR count). The lowest BCUT2D eigenvalue weighted by atomic mass is 10.1. The number of rotatable bonds is 3. The van der Waals surface area contributed by atoms with Crippen molar-refractivity contribution in [3.8, 4) is 0 Å². The number of amides is 1. The van der Waals surface area contributed by atoms with Crippen LogP contribution in [0.3, 0.4) is 0 Å². The minimum Gasteiger partial charge on any atom is -0.478 e. The summed E-state index contributed by atoms with van der Waals surface area (Å²) in [7, 11) is 0. The van der Waals surface area contributed by atoms with Gasteiger partial charge in [0.05, 0.1) is 20.6 Å². The molecule has 2 N–H and O–H groups in total. The Morgan fingerprint density at radius 1 is 1.32 bits per heavy atom. The van der Waals surface area contributed by atoms with E-state index >= 15 is 0 Å². The maximum absolute atomic E-state index is 12.0. The average Bonchev–Trinajstić information content (AvgIpc) is 2.75. The van der Waals surface area contributed by atoms with Gasteiger partial charge in [-0.05, 0) is 40.2 Å². The third-order valence-corrected chi connectivity index (χ3v) is 4.03. The maximum Gasteiger partial charge on any atom is 0.337 e. The molecule has 0 aliphatic heterocycles. The monoisotopic (exact) mass is 359 g/mol. The Labute approximate surface area is 126 Å². The highest BCUT2D eigenvalue weighted by atomic mass is 79.9. The standard InChI is InChI=1S/C12H7BrClNO3S/c13-10-3-6(5-19-10)11(16)15-9-4-7(14)1-2-8(9)12(17)18/h1-5H,(H,15,16)(H,17,18). The zero-order valence-corrected chi connectivity index (χ0v) is 12.5. The predicted octanol–water partition coefficient (Wildman–Crippen LogP) is 4.11. The van der Waals surface area contributed by atoms with Crippen LogP contribution in [0.25, 0.3) is 0 Å². The van der Waals surface area contributed by atoms with E-state index < -0.39 is 5.97 Å². The third-order valence-electron chi connectivity index (χ3n) is 2.29. The van der Waals surface area contributed by atoms with Crippen LogP contribution < -0.4 is 5.32 Å². The largest absolute Gasteiger partial charge is 0.478 e. The van der Waals surface area contributed by atoms with E-state index in [1.807, 2.05) is 0 Å². The van der Waals surface area contributed by atoms with Crippen LogP contribution in [0.1, 0.15) is 20.7 Å². The first kappa shape index (κ1) is 14.0. The Hall–Kier alpha value is -1.37. The summed E-state index contributed by atoms with van der Waals surface area (Å²) < 4.78 is 0.821. The zero-order chi connectivity index (χ0) is 14.0. The normalized spacial score (nSPS) is 10.2. The smallest absolute Gasteiger partial charge is 0.337 e. The number of carboxylic acids is 1. The molecule has 1 amide bonds. The maximum atomic E-state index is 12.0. The lowest BCUT2D eigenvalue weighted by Crippen LogP contribution is -2.14. The highest BCUT2D eigenvalue weighted by Gasteiger charge is 2.14. The first-order valence-corrected chi connectivity index (χ1v) is 7.10. The fourth-order valence-corrected chi connectivity index (χ4v) is 2.74. The summed E-state index contributed by atoms with van der Waals surface area (Å²) in [6, 6.07) is 5.88. The van der Waals surface area contributed by atoms with E-state index in [9.17, 15) is 9.59 Å². The summed E-state index contributed by atoms with van der Waals surface area (Å²) in [4.78, 5) is 23.0. The van der Waals surface area contributed by atoms with Crippen LogP contribution in [0.4, 0.5) is 5.69 Å². The number of carboxylic acid groups (broad SMARTS) is 1. The molecule has 4 nitrogen and oxygen atoms in total. The summed E-state index contributed by atoms with van der Waals surface area (Å²) in [5.41, 5.74) is 0.618. The fraction of sp³-hybridized carbons (Fsp3) is 0. The lowest BCUT2D eigenvalue weighted by molar-refractivity contribution is 0.0698. The molecule has 2 aromatic rings. The van der Waals surface area contributed by atoms with Gasteiger partial charge in [-0.2, -0.15) is 0 Å². The first-order valence-electron chi connectivity index (χ1n) is 5.05. The Morgan fingerprint density at radius 3 is 2.63 bits per heavy atom. The van der Waals surface area contributed by atoms with Gasteiger partial charge in [-0.15, -0.1) is 11.3 Å². The highest BCUT2D eigenvalue weighted by Crippen LogP contribution is 2.24. The number of nitrogens with one attached hydrogen (secondary N) is 1. The van der Waals surface area contributed by atoms with Gasteiger partial charge in [-0.1, -0.05) is 11.6 Å². The number of anilines is 1. The number of benzene rings is 1. The van der Waals surface area contributed by atoms with Crippen molar-refractivity contribution in [3.63, 3.8) is 0 Å². The second-order valence-electron chi connectivity index (χ2n) is 3.59. The molecular weight excluding hydrogens is 354 g/mol. The Kier molecular flexibility index (Phi) is 4.24. The van der Waals surface area contributed by atoms with Crippen molar-refractivity contribution in [2.45, 2.75) is 0 Å². The molecule has 0 fully saturated rings. The van der Waals surface area contributed by atoms with Crippen molar-refractivity contribution in [3.05, 3.63) is 49.6 Å². The fourth-order valence-electron chi connectivity index (χ4n) is 1.43. The molecule has 0 aliphatic carbocycles. The van der Waals surface area contributed by atoms with E-state index in [1.165, 1.54) is 29.5 Å². The molecular formula is C12H7BrClNO3S. The minimum atomic E-state index is -1.13. The molecule has 1 aromatic carbocycles. The summed E-state index contributed by atoms with van der Waals surface area (Å²) in [5.74, 6) is -1.51. The molecule has 7 heteroatoms. The minimum absolute atomic E-state index is 0.00737. The van der Waals surface area contributed by atoms with E-state index in [1.54, 1.807) is 11.4 Å². The molecule has 0 saturated heterocycles. The van der Waals surface area contributed by atoms with Crippen LogP contribution in [-0.2, 0) is 0 Å². The molecule has 0 bridgehead atoms. The molecule has 0 unspecified atom stereocenters. The van der Waals surface area contributed by atoms with Crippen molar-refractivity contribution in [2.24, 2.45) is 0 Å². The Bertz CT molecular complexity index is 656. The van der Waals surface area contributed by atoms with Crippen LogP contribution in [-0.4, -0.2) is 17.0 Å². The van der Waals surface area contributed by atoms with E-state index in [0.29, 0.717) is 10.6 Å². The molecule has 19 heavy (non-hydrogen) atoms. The van der Waals surface area contributed by atoms with Gasteiger partial charge in [0, 0.05) is 10.4 Å². The van der Waals surface area contributed by atoms with Crippen LogP contribution in [0.5, 0.6) is 0 Å². The van der Waals surface area contributed by atoms with E-state index in [4.69, 9.17) is 16.7 Å². The number of aromatic carboxylic acids is 1. The molecule has 1 heterocycles. The van der Waals surface area contributed by atoms with Crippen molar-refractivity contribution in [1.82, 2.24) is 0 Å². The van der Waals surface area contributed by atoms with Gasteiger partial charge >= 0.3 is 5.97 Å². The van der Waals surface area contributed by atoms with Gasteiger partial charge in [0.1, 0.15) is 0 Å². The number of hydrogen-bond donors (Lipinski definition) is 2. The molecule has 98 valence electrons. The topological polar surface area (TPSA) is 66.4 Å². The molecule has 0 aliphatic rings. The van der Waals surface area contributed by atoms with Crippen LogP contribution in [0.15, 0.2) is 33.4 Å². The number of carbonyl (C=O) groups excluding carboxylic acids is 1. The van der Waals surface area contributed by atoms with Crippen molar-refractivity contribution >= 4 is 56.4 Å². The van der Waals surface area contributed by atoms with E-state index in [2.05, 4.69) is 21.2 Å². The number of carbonyl (C=O) groups is 2. The average molecular weight is 361 g/mol. The Balaban J connectivity index is 2.30. The quantitative estimate of drug-likeness (QED) is 0.865. The lowest BCUT2D eigenvalue weighted by Gasteiger charge is -2.08. The number of hydrogen-bond acceptors (Lipinski definition) is 3. The highest BCUT2D eigenvalue weighted by molar-refractivity contribution is 9.11. The van der Waals surface area contributed by atoms with Crippen LogP contribution in [0.2, 0.25) is 5.02 Å². The number of halogens is 2. The summed E-state index contributed by atoms with van der Waals surface area (Å²) >= 11 is 10.4. The van der Waals surface area contributed by atoms with Gasteiger partial charge in [0.25, 0.3) is 5.91 Å². The number of thiophene rings is 1. The molecule has 0 radical (unpaired) electrons. The van der Waals surface area contributed by atoms with E-state index in [-0.39, 0.29) is 17.2 Å². The predicted molar refractivity (Wildman–Crippen MR) is 78.4 cm³/mol. The van der Waals surface area contributed by atoms with Gasteiger partial charge in [0.15, 0.2) is 0 Å². The van der Waals surface area contributed by atoms with Gasteiger partial charge in [-0.25, -0.2) is 4.79 Å². The van der Waals surface area contributed by atoms with Gasteiger partial charge < -0.3 is 10.4 Å². The Morgan fingerprint density at radius 2 is 2.05 bits per heavy atom. The molecule has 0 spiro atoms. The second kappa shape index (κ2) is 5.73.